The van der Waals surface area contributed by atoms with Crippen molar-refractivity contribution in [1.29, 1.82) is 0 Å². The highest BCUT2D eigenvalue weighted by atomic mass is 19.2. The normalized spacial score (nSPS) is 22.3. The summed E-state index contributed by atoms with van der Waals surface area (Å²) in [5, 5.41) is 0. The number of carbonyl (C=O) groups is 1. The number of benzene rings is 1. The molecule has 0 bridgehead atoms. The highest BCUT2D eigenvalue weighted by Gasteiger charge is 2.44. The van der Waals surface area contributed by atoms with Crippen LogP contribution in [0.15, 0.2) is 41.5 Å². The number of pyridine rings is 1. The molecule has 0 radical (unpaired) electrons. The van der Waals surface area contributed by atoms with Crippen molar-refractivity contribution in [3.05, 3.63) is 59.4 Å². The molecular weight excluding hydrogens is 524 g/mol. The van der Waals surface area contributed by atoms with E-state index >= 15 is 0 Å². The number of hydrogen-bond donors (Lipinski definition) is 0. The molecule has 0 aliphatic carbocycles. The van der Waals surface area contributed by atoms with Gasteiger partial charge in [-0.2, -0.15) is 0 Å². The molecule has 6 rings (SSSR count). The SMILES string of the molecule is CCN1C(=O)c2nc(-c3ccc(N4CC(C)CC(C)C4)nc3)n(Cc3ccc(F)c(F)c3)c2N2C[C@@H](C(C)C)N=C12. The number of piperidine rings is 1. The second-order valence-corrected chi connectivity index (χ2v) is 12.1. The Hall–Kier alpha value is -3.82. The molecule has 0 spiro atoms. The molecule has 1 fully saturated rings. The van der Waals surface area contributed by atoms with Crippen molar-refractivity contribution in [2.75, 3.05) is 36.0 Å². The van der Waals surface area contributed by atoms with Gasteiger partial charge in [0.05, 0.1) is 19.1 Å². The second kappa shape index (κ2) is 10.5. The van der Waals surface area contributed by atoms with Gasteiger partial charge in [0.15, 0.2) is 17.3 Å². The molecule has 0 N–H and O–H groups in total. The summed E-state index contributed by atoms with van der Waals surface area (Å²) in [6, 6.07) is 7.90. The largest absolute Gasteiger partial charge is 0.356 e. The Morgan fingerprint density at radius 2 is 1.78 bits per heavy atom. The molecule has 1 amide bonds. The number of anilines is 2. The predicted octanol–water partition coefficient (Wildman–Crippen LogP) is 5.43. The predicted molar refractivity (Wildman–Crippen MR) is 156 cm³/mol. The molecule has 3 atom stereocenters. The third-order valence-corrected chi connectivity index (χ3v) is 8.39. The van der Waals surface area contributed by atoms with Gasteiger partial charge in [-0.25, -0.2) is 23.7 Å². The van der Waals surface area contributed by atoms with Gasteiger partial charge in [-0.05, 0) is 60.9 Å². The van der Waals surface area contributed by atoms with Crippen molar-refractivity contribution < 1.29 is 13.6 Å². The molecule has 1 aromatic carbocycles. The van der Waals surface area contributed by atoms with Gasteiger partial charge in [-0.15, -0.1) is 0 Å². The molecule has 5 heterocycles. The van der Waals surface area contributed by atoms with E-state index in [1.807, 2.05) is 23.6 Å². The average Bonchev–Trinajstić information content (AvgIpc) is 3.53. The van der Waals surface area contributed by atoms with Gasteiger partial charge in [-0.1, -0.05) is 33.8 Å². The Labute approximate surface area is 239 Å². The van der Waals surface area contributed by atoms with Crippen molar-refractivity contribution in [2.24, 2.45) is 22.7 Å². The monoisotopic (exact) mass is 561 g/mol. The first-order valence-electron chi connectivity index (χ1n) is 14.6. The number of guanidine groups is 1. The van der Waals surface area contributed by atoms with Gasteiger partial charge in [0, 0.05) is 31.4 Å². The molecule has 10 heteroatoms. The van der Waals surface area contributed by atoms with Crippen LogP contribution in [-0.4, -0.2) is 63.5 Å². The molecule has 3 aliphatic heterocycles. The fraction of sp³-hybridized carbons (Fsp3) is 0.484. The molecule has 0 saturated carbocycles. The summed E-state index contributed by atoms with van der Waals surface area (Å²) in [7, 11) is 0. The van der Waals surface area contributed by atoms with Crippen molar-refractivity contribution in [3.63, 3.8) is 0 Å². The molecular formula is C31H37F2N7O. The standard InChI is InChI=1S/C31H37F2N7O/c1-6-38-30(41)27-29(40-17-25(18(2)3)35-31(38)40)39(16-21-7-9-23(32)24(33)12-21)28(36-27)22-8-10-26(34-13-22)37-14-19(4)11-20(5)15-37/h7-10,12-13,18-20,25H,6,11,14-17H2,1-5H3/t19?,20?,25-/m0/s1. The van der Waals surface area contributed by atoms with Crippen molar-refractivity contribution >= 4 is 23.5 Å². The van der Waals surface area contributed by atoms with Crippen LogP contribution in [0.5, 0.6) is 0 Å². The molecule has 3 aliphatic rings. The van der Waals surface area contributed by atoms with Gasteiger partial charge in [0.1, 0.15) is 17.5 Å². The minimum atomic E-state index is -0.912. The second-order valence-electron chi connectivity index (χ2n) is 12.1. The van der Waals surface area contributed by atoms with Crippen LogP contribution < -0.4 is 9.80 Å². The lowest BCUT2D eigenvalue weighted by molar-refractivity contribution is 0.0841. The Balaban J connectivity index is 1.45. The smallest absolute Gasteiger partial charge is 0.283 e. The van der Waals surface area contributed by atoms with E-state index in [0.29, 0.717) is 53.8 Å². The molecule has 216 valence electrons. The third kappa shape index (κ3) is 4.87. The molecule has 8 nitrogen and oxygen atoms in total. The average molecular weight is 562 g/mol. The first-order chi connectivity index (χ1) is 19.6. The van der Waals surface area contributed by atoms with E-state index < -0.39 is 11.6 Å². The summed E-state index contributed by atoms with van der Waals surface area (Å²) in [6.07, 6.45) is 3.01. The number of nitrogens with zero attached hydrogens (tertiary/aromatic N) is 7. The highest BCUT2D eigenvalue weighted by Crippen LogP contribution is 2.38. The number of rotatable bonds is 6. The van der Waals surface area contributed by atoms with E-state index in [1.165, 1.54) is 12.5 Å². The summed E-state index contributed by atoms with van der Waals surface area (Å²) < 4.78 is 30.0. The minimum absolute atomic E-state index is 0.0168. The molecule has 41 heavy (non-hydrogen) atoms. The zero-order valence-corrected chi connectivity index (χ0v) is 24.3. The van der Waals surface area contributed by atoms with Crippen molar-refractivity contribution in [1.82, 2.24) is 19.4 Å². The van der Waals surface area contributed by atoms with E-state index in [1.54, 1.807) is 17.2 Å². The molecule has 1 saturated heterocycles. The summed E-state index contributed by atoms with van der Waals surface area (Å²) in [6.45, 7) is 13.9. The van der Waals surface area contributed by atoms with Gasteiger partial charge < -0.3 is 9.47 Å². The first-order valence-corrected chi connectivity index (χ1v) is 14.6. The fourth-order valence-corrected chi connectivity index (χ4v) is 6.40. The van der Waals surface area contributed by atoms with E-state index in [-0.39, 0.29) is 24.4 Å². The van der Waals surface area contributed by atoms with E-state index in [2.05, 4.69) is 37.5 Å². The molecule has 2 unspecified atom stereocenters. The van der Waals surface area contributed by atoms with Crippen LogP contribution in [-0.2, 0) is 6.54 Å². The number of aromatic nitrogens is 3. The van der Waals surface area contributed by atoms with Crippen LogP contribution in [0.1, 0.15) is 57.1 Å². The van der Waals surface area contributed by atoms with Crippen LogP contribution in [0.25, 0.3) is 11.4 Å². The topological polar surface area (TPSA) is 69.9 Å². The van der Waals surface area contributed by atoms with E-state index in [9.17, 15) is 13.6 Å². The van der Waals surface area contributed by atoms with Crippen LogP contribution in [0.4, 0.5) is 20.4 Å². The first kappa shape index (κ1) is 27.4. The van der Waals surface area contributed by atoms with Crippen LogP contribution in [0.2, 0.25) is 0 Å². The van der Waals surface area contributed by atoms with Crippen LogP contribution in [0, 0.1) is 29.4 Å². The van der Waals surface area contributed by atoms with Gasteiger partial charge in [-0.3, -0.25) is 14.6 Å². The Bertz CT molecular complexity index is 1490. The number of aliphatic imine (C=N–C) groups is 1. The maximum atomic E-state index is 14.3. The highest BCUT2D eigenvalue weighted by molar-refractivity contribution is 6.18. The van der Waals surface area contributed by atoms with Crippen LogP contribution >= 0.6 is 0 Å². The maximum absolute atomic E-state index is 14.3. The molecule has 3 aromatic rings. The lowest BCUT2D eigenvalue weighted by atomic mass is 9.92. The number of amides is 1. The van der Waals surface area contributed by atoms with E-state index in [0.717, 1.165) is 30.5 Å². The third-order valence-electron chi connectivity index (χ3n) is 8.39. The van der Waals surface area contributed by atoms with Crippen LogP contribution in [0.3, 0.4) is 0 Å². The lowest BCUT2D eigenvalue weighted by Crippen LogP contribution is -2.50. The lowest BCUT2D eigenvalue weighted by Gasteiger charge is -2.35. The zero-order valence-electron chi connectivity index (χ0n) is 24.3. The van der Waals surface area contributed by atoms with Crippen molar-refractivity contribution in [2.45, 2.75) is 53.6 Å². The molecule has 2 aromatic heterocycles. The number of halogens is 2. The summed E-state index contributed by atoms with van der Waals surface area (Å²) in [5.74, 6) is 2.16. The number of carbonyl (C=O) groups excluding carboxylic acids is 1. The van der Waals surface area contributed by atoms with Gasteiger partial charge in [0.25, 0.3) is 5.91 Å². The number of fused-ring (bicyclic) bond motifs is 3. The summed E-state index contributed by atoms with van der Waals surface area (Å²) >= 11 is 0. The quantitative estimate of drug-likeness (QED) is 0.402. The van der Waals surface area contributed by atoms with Gasteiger partial charge in [0.2, 0.25) is 5.96 Å². The minimum Gasteiger partial charge on any atom is -0.356 e. The number of imidazole rings is 1. The summed E-state index contributed by atoms with van der Waals surface area (Å²) in [4.78, 5) is 34.4. The van der Waals surface area contributed by atoms with Gasteiger partial charge >= 0.3 is 0 Å². The fourth-order valence-electron chi connectivity index (χ4n) is 6.40. The van der Waals surface area contributed by atoms with Crippen molar-refractivity contribution in [3.8, 4) is 11.4 Å². The maximum Gasteiger partial charge on any atom is 0.283 e. The zero-order chi connectivity index (χ0) is 29.0. The number of hydrogen-bond acceptors (Lipinski definition) is 6. The Morgan fingerprint density at radius 1 is 1.02 bits per heavy atom. The Kier molecular flexibility index (Phi) is 7.03. The Morgan fingerprint density at radius 3 is 2.41 bits per heavy atom. The summed E-state index contributed by atoms with van der Waals surface area (Å²) in [5.41, 5.74) is 1.64. The van der Waals surface area contributed by atoms with E-state index in [4.69, 9.17) is 15.0 Å².